The first-order valence-electron chi connectivity index (χ1n) is 3.94. The highest BCUT2D eigenvalue weighted by Crippen LogP contribution is 2.24. The van der Waals surface area contributed by atoms with Gasteiger partial charge in [0.2, 0.25) is 0 Å². The molecule has 0 aromatic heterocycles. The zero-order chi connectivity index (χ0) is 8.55. The van der Waals surface area contributed by atoms with Crippen LogP contribution in [0.4, 0.5) is 0 Å². The van der Waals surface area contributed by atoms with Crippen LogP contribution in [-0.2, 0) is 6.42 Å². The minimum Gasteiger partial charge on any atom is -0.294 e. The van der Waals surface area contributed by atoms with Crippen LogP contribution in [-0.4, -0.2) is 5.78 Å². The number of benzene rings is 1. The van der Waals surface area contributed by atoms with Gasteiger partial charge in [-0.2, -0.15) is 0 Å². The van der Waals surface area contributed by atoms with Crippen LogP contribution in [0.15, 0.2) is 18.2 Å². The number of hydrogen-bond acceptors (Lipinski definition) is 1. The van der Waals surface area contributed by atoms with Crippen molar-refractivity contribution in [2.75, 3.05) is 0 Å². The van der Waals surface area contributed by atoms with Gasteiger partial charge in [-0.1, -0.05) is 18.1 Å². The number of fused-ring (bicyclic) bond motifs is 1. The molecule has 0 spiro atoms. The van der Waals surface area contributed by atoms with E-state index >= 15 is 0 Å². The molecular formula is C11H8O. The predicted octanol–water partition coefficient (Wildman–Crippen LogP) is 1.80. The maximum Gasteiger partial charge on any atom is 0.163 e. The summed E-state index contributed by atoms with van der Waals surface area (Å²) in [5.74, 6) is 2.82. The highest BCUT2D eigenvalue weighted by Gasteiger charge is 2.20. The van der Waals surface area contributed by atoms with Crippen LogP contribution in [0, 0.1) is 12.3 Å². The van der Waals surface area contributed by atoms with Crippen molar-refractivity contribution in [3.63, 3.8) is 0 Å². The predicted molar refractivity (Wildman–Crippen MR) is 47.0 cm³/mol. The van der Waals surface area contributed by atoms with E-state index in [1.165, 1.54) is 0 Å². The molecule has 0 saturated carbocycles. The average Bonchev–Trinajstić information content (AvgIpc) is 2.48. The summed E-state index contributed by atoms with van der Waals surface area (Å²) in [5, 5.41) is 0. The standard InChI is InChI=1S/C11H8O/c1-2-8-4-3-5-10-9(8)6-7-11(10)12/h1,3-5H,6-7H2. The third-order valence-corrected chi connectivity index (χ3v) is 2.23. The number of carbonyl (C=O) groups excluding carboxylic acids is 1. The number of hydrogen-bond donors (Lipinski definition) is 0. The van der Waals surface area contributed by atoms with Crippen molar-refractivity contribution in [1.82, 2.24) is 0 Å². The van der Waals surface area contributed by atoms with E-state index in [-0.39, 0.29) is 5.78 Å². The smallest absolute Gasteiger partial charge is 0.163 e. The van der Waals surface area contributed by atoms with Gasteiger partial charge in [0, 0.05) is 17.5 Å². The summed E-state index contributed by atoms with van der Waals surface area (Å²) in [4.78, 5) is 11.3. The molecule has 58 valence electrons. The Morgan fingerprint density at radius 2 is 2.17 bits per heavy atom. The molecule has 0 bridgehead atoms. The van der Waals surface area contributed by atoms with Gasteiger partial charge >= 0.3 is 0 Å². The van der Waals surface area contributed by atoms with Crippen LogP contribution in [0.1, 0.15) is 27.9 Å². The molecule has 0 aliphatic heterocycles. The van der Waals surface area contributed by atoms with Crippen LogP contribution in [0.5, 0.6) is 0 Å². The van der Waals surface area contributed by atoms with Crippen molar-refractivity contribution in [3.8, 4) is 12.3 Å². The molecule has 1 aliphatic rings. The van der Waals surface area contributed by atoms with Crippen molar-refractivity contribution < 1.29 is 4.79 Å². The Hall–Kier alpha value is -1.55. The minimum atomic E-state index is 0.224. The molecule has 1 heteroatoms. The highest BCUT2D eigenvalue weighted by atomic mass is 16.1. The second-order valence-corrected chi connectivity index (χ2v) is 2.90. The number of Topliss-reactive ketones (excluding diaryl/α,β-unsaturated/α-hetero) is 1. The molecular weight excluding hydrogens is 148 g/mol. The Balaban J connectivity index is 2.68. The average molecular weight is 156 g/mol. The maximum absolute atomic E-state index is 11.3. The first-order valence-corrected chi connectivity index (χ1v) is 3.94. The van der Waals surface area contributed by atoms with Gasteiger partial charge in [-0.15, -0.1) is 6.42 Å². The van der Waals surface area contributed by atoms with E-state index in [4.69, 9.17) is 6.42 Å². The van der Waals surface area contributed by atoms with Gasteiger partial charge in [-0.3, -0.25) is 4.79 Å². The van der Waals surface area contributed by atoms with Gasteiger partial charge < -0.3 is 0 Å². The van der Waals surface area contributed by atoms with Gasteiger partial charge in [-0.25, -0.2) is 0 Å². The van der Waals surface area contributed by atoms with Crippen LogP contribution in [0.2, 0.25) is 0 Å². The van der Waals surface area contributed by atoms with E-state index < -0.39 is 0 Å². The lowest BCUT2D eigenvalue weighted by molar-refractivity contribution is 0.0994. The first-order chi connectivity index (χ1) is 5.83. The van der Waals surface area contributed by atoms with Gasteiger partial charge in [0.25, 0.3) is 0 Å². The van der Waals surface area contributed by atoms with Crippen LogP contribution in [0.3, 0.4) is 0 Å². The van der Waals surface area contributed by atoms with Crippen LogP contribution >= 0.6 is 0 Å². The van der Waals surface area contributed by atoms with Crippen molar-refractivity contribution in [2.45, 2.75) is 12.8 Å². The van der Waals surface area contributed by atoms with Gasteiger partial charge in [0.15, 0.2) is 5.78 Å². The Labute approximate surface area is 71.4 Å². The molecule has 1 aromatic rings. The summed E-state index contributed by atoms with van der Waals surface area (Å²) < 4.78 is 0. The highest BCUT2D eigenvalue weighted by molar-refractivity contribution is 6.01. The molecule has 0 fully saturated rings. The normalized spacial score (nSPS) is 14.1. The molecule has 0 heterocycles. The summed E-state index contributed by atoms with van der Waals surface area (Å²) in [6.07, 6.45) is 6.74. The molecule has 0 radical (unpaired) electrons. The Morgan fingerprint density at radius 3 is 2.92 bits per heavy atom. The molecule has 0 amide bonds. The van der Waals surface area contributed by atoms with Crippen molar-refractivity contribution in [3.05, 3.63) is 34.9 Å². The number of ketones is 1. The van der Waals surface area contributed by atoms with Crippen molar-refractivity contribution in [2.24, 2.45) is 0 Å². The van der Waals surface area contributed by atoms with Crippen molar-refractivity contribution in [1.29, 1.82) is 0 Å². The van der Waals surface area contributed by atoms with E-state index in [0.717, 1.165) is 23.1 Å². The summed E-state index contributed by atoms with van der Waals surface area (Å²) in [6.45, 7) is 0. The quantitative estimate of drug-likeness (QED) is 0.523. The zero-order valence-electron chi connectivity index (χ0n) is 6.63. The number of terminal acetylenes is 1. The summed E-state index contributed by atoms with van der Waals surface area (Å²) in [5.41, 5.74) is 2.76. The topological polar surface area (TPSA) is 17.1 Å². The SMILES string of the molecule is C#Cc1cccc2c1CCC2=O. The lowest BCUT2D eigenvalue weighted by atomic mass is 10.0. The Morgan fingerprint density at radius 1 is 1.33 bits per heavy atom. The Kier molecular flexibility index (Phi) is 1.48. The third-order valence-electron chi connectivity index (χ3n) is 2.23. The van der Waals surface area contributed by atoms with E-state index in [2.05, 4.69) is 5.92 Å². The number of rotatable bonds is 0. The fourth-order valence-electron chi connectivity index (χ4n) is 1.63. The van der Waals surface area contributed by atoms with E-state index in [1.54, 1.807) is 0 Å². The summed E-state index contributed by atoms with van der Waals surface area (Å²) >= 11 is 0. The summed E-state index contributed by atoms with van der Waals surface area (Å²) in [6, 6.07) is 5.58. The molecule has 2 rings (SSSR count). The second-order valence-electron chi connectivity index (χ2n) is 2.90. The largest absolute Gasteiger partial charge is 0.294 e. The second kappa shape index (κ2) is 2.49. The minimum absolute atomic E-state index is 0.224. The van der Waals surface area contributed by atoms with Gasteiger partial charge in [-0.05, 0) is 18.1 Å². The Bertz CT molecular complexity index is 382. The third kappa shape index (κ3) is 0.853. The molecule has 0 unspecified atom stereocenters. The zero-order valence-corrected chi connectivity index (χ0v) is 6.63. The summed E-state index contributed by atoms with van der Waals surface area (Å²) in [7, 11) is 0. The fourth-order valence-corrected chi connectivity index (χ4v) is 1.63. The molecule has 1 aliphatic carbocycles. The molecule has 1 nitrogen and oxygen atoms in total. The van der Waals surface area contributed by atoms with Crippen LogP contribution in [0.25, 0.3) is 0 Å². The molecule has 1 aromatic carbocycles. The van der Waals surface area contributed by atoms with Crippen molar-refractivity contribution >= 4 is 5.78 Å². The van der Waals surface area contributed by atoms with E-state index in [1.807, 2.05) is 18.2 Å². The lowest BCUT2D eigenvalue weighted by Gasteiger charge is -1.98. The monoisotopic (exact) mass is 156 g/mol. The van der Waals surface area contributed by atoms with Gasteiger partial charge in [0.05, 0.1) is 0 Å². The van der Waals surface area contributed by atoms with Gasteiger partial charge in [0.1, 0.15) is 0 Å². The molecule has 0 saturated heterocycles. The first kappa shape index (κ1) is 7.12. The fraction of sp³-hybridized carbons (Fsp3) is 0.182. The van der Waals surface area contributed by atoms with Crippen LogP contribution < -0.4 is 0 Å². The maximum atomic E-state index is 11.3. The van der Waals surface area contributed by atoms with E-state index in [9.17, 15) is 4.79 Å². The molecule has 12 heavy (non-hydrogen) atoms. The molecule has 0 N–H and O–H groups in total. The number of carbonyl (C=O) groups is 1. The molecule has 0 atom stereocenters. The van der Waals surface area contributed by atoms with E-state index in [0.29, 0.717) is 6.42 Å². The lowest BCUT2D eigenvalue weighted by Crippen LogP contribution is -1.91.